The van der Waals surface area contributed by atoms with Crippen molar-refractivity contribution in [3.05, 3.63) is 18.5 Å². The first kappa shape index (κ1) is 7.09. The molecule has 0 aliphatic carbocycles. The molecule has 2 rings (SSSR count). The minimum atomic E-state index is 0.897. The lowest BCUT2D eigenvalue weighted by atomic mass is 10.3. The van der Waals surface area contributed by atoms with Gasteiger partial charge in [-0.05, 0) is 6.07 Å². The highest BCUT2D eigenvalue weighted by Gasteiger charge is 2.04. The van der Waals surface area contributed by atoms with Crippen molar-refractivity contribution in [3.8, 4) is 0 Å². The maximum atomic E-state index is 4.03. The second-order valence-electron chi connectivity index (χ2n) is 2.87. The second-order valence-corrected chi connectivity index (χ2v) is 2.87. The minimum Gasteiger partial charge on any atom is -0.361 e. The second kappa shape index (κ2) is 2.48. The van der Waals surface area contributed by atoms with Crippen molar-refractivity contribution in [2.45, 2.75) is 0 Å². The van der Waals surface area contributed by atoms with Crippen LogP contribution in [0.4, 0.5) is 5.82 Å². The summed E-state index contributed by atoms with van der Waals surface area (Å²) in [4.78, 5) is 5.03. The zero-order valence-corrected chi connectivity index (χ0v) is 7.07. The summed E-state index contributed by atoms with van der Waals surface area (Å²) in [7, 11) is 3.91. The Balaban J connectivity index is 2.73. The minimum absolute atomic E-state index is 0.897. The molecule has 0 radical (unpaired) electrons. The van der Waals surface area contributed by atoms with E-state index in [9.17, 15) is 0 Å². The van der Waals surface area contributed by atoms with Gasteiger partial charge in [-0.15, -0.1) is 5.10 Å². The van der Waals surface area contributed by atoms with Gasteiger partial charge in [-0.25, -0.2) is 0 Å². The zero-order chi connectivity index (χ0) is 8.55. The molecule has 4 nitrogen and oxygen atoms in total. The first-order valence-corrected chi connectivity index (χ1v) is 3.75. The molecule has 0 saturated heterocycles. The van der Waals surface area contributed by atoms with Crippen LogP contribution in [-0.4, -0.2) is 29.3 Å². The van der Waals surface area contributed by atoms with Gasteiger partial charge in [-0.1, -0.05) is 0 Å². The molecular weight excluding hydrogens is 152 g/mol. The van der Waals surface area contributed by atoms with Crippen LogP contribution >= 0.6 is 0 Å². The quantitative estimate of drug-likeness (QED) is 0.681. The summed E-state index contributed by atoms with van der Waals surface area (Å²) >= 11 is 0. The molecule has 2 heterocycles. The van der Waals surface area contributed by atoms with E-state index in [-0.39, 0.29) is 0 Å². The van der Waals surface area contributed by atoms with Crippen molar-refractivity contribution in [2.75, 3.05) is 19.0 Å². The van der Waals surface area contributed by atoms with Gasteiger partial charge in [0.05, 0.1) is 11.7 Å². The van der Waals surface area contributed by atoms with E-state index in [4.69, 9.17) is 0 Å². The van der Waals surface area contributed by atoms with Crippen molar-refractivity contribution in [3.63, 3.8) is 0 Å². The average molecular weight is 162 g/mol. The molecule has 0 aliphatic heterocycles. The van der Waals surface area contributed by atoms with E-state index in [0.29, 0.717) is 0 Å². The van der Waals surface area contributed by atoms with Gasteiger partial charge in [0.1, 0.15) is 0 Å². The van der Waals surface area contributed by atoms with Gasteiger partial charge >= 0.3 is 0 Å². The van der Waals surface area contributed by atoms with Crippen LogP contribution in [0, 0.1) is 0 Å². The summed E-state index contributed by atoms with van der Waals surface area (Å²) < 4.78 is 0. The maximum absolute atomic E-state index is 4.03. The molecule has 62 valence electrons. The van der Waals surface area contributed by atoms with E-state index >= 15 is 0 Å². The smallest absolute Gasteiger partial charge is 0.160 e. The van der Waals surface area contributed by atoms with Crippen LogP contribution in [0.3, 0.4) is 0 Å². The number of nitrogens with one attached hydrogen (secondary N) is 1. The Morgan fingerprint density at radius 2 is 2.25 bits per heavy atom. The number of rotatable bonds is 1. The highest BCUT2D eigenvalue weighted by molar-refractivity contribution is 5.88. The summed E-state index contributed by atoms with van der Waals surface area (Å²) in [6, 6.07) is 2.00. The predicted molar refractivity (Wildman–Crippen MR) is 48.2 cm³/mol. The summed E-state index contributed by atoms with van der Waals surface area (Å²) in [5, 5.41) is 9.02. The average Bonchev–Trinajstić information content (AvgIpc) is 2.49. The van der Waals surface area contributed by atoms with Gasteiger partial charge < -0.3 is 9.88 Å². The molecule has 0 unspecified atom stereocenters. The largest absolute Gasteiger partial charge is 0.361 e. The van der Waals surface area contributed by atoms with Gasteiger partial charge in [0, 0.05) is 25.7 Å². The van der Waals surface area contributed by atoms with E-state index in [2.05, 4.69) is 15.2 Å². The molecule has 2 aromatic heterocycles. The first-order chi connectivity index (χ1) is 5.79. The molecule has 0 atom stereocenters. The van der Waals surface area contributed by atoms with Crippen LogP contribution < -0.4 is 4.90 Å². The number of nitrogens with zero attached hydrogens (tertiary/aromatic N) is 3. The Bertz CT molecular complexity index is 391. The lowest BCUT2D eigenvalue weighted by Crippen LogP contribution is -2.11. The molecular formula is C8H10N4. The maximum Gasteiger partial charge on any atom is 0.160 e. The highest BCUT2D eigenvalue weighted by Crippen LogP contribution is 2.19. The number of aromatic nitrogens is 3. The Labute approximate surface area is 70.2 Å². The fourth-order valence-corrected chi connectivity index (χ4v) is 1.21. The van der Waals surface area contributed by atoms with Gasteiger partial charge in [-0.2, -0.15) is 5.10 Å². The lowest BCUT2D eigenvalue weighted by molar-refractivity contribution is 0.980. The highest BCUT2D eigenvalue weighted by atomic mass is 15.2. The number of hydrogen-bond acceptors (Lipinski definition) is 3. The molecule has 0 saturated carbocycles. The van der Waals surface area contributed by atoms with E-state index in [0.717, 1.165) is 16.7 Å². The topological polar surface area (TPSA) is 44.8 Å². The molecule has 0 aromatic carbocycles. The predicted octanol–water partition coefficient (Wildman–Crippen LogP) is 1.02. The summed E-state index contributed by atoms with van der Waals surface area (Å²) in [6.07, 6.45) is 3.61. The third-order valence-electron chi connectivity index (χ3n) is 1.78. The molecule has 0 bridgehead atoms. The van der Waals surface area contributed by atoms with Crippen molar-refractivity contribution in [1.29, 1.82) is 0 Å². The van der Waals surface area contributed by atoms with E-state index in [1.165, 1.54) is 0 Å². The fourth-order valence-electron chi connectivity index (χ4n) is 1.21. The van der Waals surface area contributed by atoms with Crippen molar-refractivity contribution in [2.24, 2.45) is 0 Å². The van der Waals surface area contributed by atoms with Gasteiger partial charge in [0.2, 0.25) is 0 Å². The van der Waals surface area contributed by atoms with E-state index in [1.807, 2.05) is 31.3 Å². The molecule has 0 spiro atoms. The van der Waals surface area contributed by atoms with Crippen LogP contribution in [0.15, 0.2) is 18.5 Å². The summed E-state index contributed by atoms with van der Waals surface area (Å²) in [5.41, 5.74) is 1.02. The fraction of sp³-hybridized carbons (Fsp3) is 0.250. The van der Waals surface area contributed by atoms with Crippen LogP contribution in [0.2, 0.25) is 0 Å². The monoisotopic (exact) mass is 162 g/mol. The molecule has 1 N–H and O–H groups in total. The van der Waals surface area contributed by atoms with Crippen LogP contribution in [0.5, 0.6) is 0 Å². The first-order valence-electron chi connectivity index (χ1n) is 3.75. The number of H-pyrrole nitrogens is 1. The molecule has 0 aliphatic rings. The lowest BCUT2D eigenvalue weighted by Gasteiger charge is -2.10. The van der Waals surface area contributed by atoms with Crippen molar-refractivity contribution in [1.82, 2.24) is 15.2 Å². The number of fused-ring (bicyclic) bond motifs is 1. The van der Waals surface area contributed by atoms with Gasteiger partial charge in [0.15, 0.2) is 5.82 Å². The summed E-state index contributed by atoms with van der Waals surface area (Å²) in [5.74, 6) is 0.897. The van der Waals surface area contributed by atoms with Crippen LogP contribution in [0.1, 0.15) is 0 Å². The van der Waals surface area contributed by atoms with E-state index in [1.54, 1.807) is 6.20 Å². The standard InChI is InChI=1S/C8H10N4/c1-12(2)8-6-3-4-9-7(6)5-10-11-8/h3-5,9H,1-2H3. The van der Waals surface area contributed by atoms with Crippen molar-refractivity contribution < 1.29 is 0 Å². The normalized spacial score (nSPS) is 10.5. The third kappa shape index (κ3) is 0.922. The molecule has 12 heavy (non-hydrogen) atoms. The Hall–Kier alpha value is -1.58. The van der Waals surface area contributed by atoms with Crippen molar-refractivity contribution >= 4 is 16.7 Å². The summed E-state index contributed by atoms with van der Waals surface area (Å²) in [6.45, 7) is 0. The number of aromatic amines is 1. The Morgan fingerprint density at radius 3 is 3.00 bits per heavy atom. The molecule has 0 amide bonds. The van der Waals surface area contributed by atoms with Crippen LogP contribution in [0.25, 0.3) is 10.9 Å². The zero-order valence-electron chi connectivity index (χ0n) is 7.07. The Kier molecular flexibility index (Phi) is 1.46. The van der Waals surface area contributed by atoms with E-state index < -0.39 is 0 Å². The number of hydrogen-bond donors (Lipinski definition) is 1. The molecule has 2 aromatic rings. The third-order valence-corrected chi connectivity index (χ3v) is 1.78. The van der Waals surface area contributed by atoms with Gasteiger partial charge in [-0.3, -0.25) is 0 Å². The molecule has 4 heteroatoms. The SMILES string of the molecule is CN(C)c1nncc2[nH]ccc12. The van der Waals surface area contributed by atoms with Crippen LogP contribution in [-0.2, 0) is 0 Å². The number of anilines is 1. The molecule has 0 fully saturated rings. The van der Waals surface area contributed by atoms with Gasteiger partial charge in [0.25, 0.3) is 0 Å². The Morgan fingerprint density at radius 1 is 1.42 bits per heavy atom.